The van der Waals surface area contributed by atoms with Gasteiger partial charge >= 0.3 is 0 Å². The first-order chi connectivity index (χ1) is 14.4. The summed E-state index contributed by atoms with van der Waals surface area (Å²) >= 11 is 0. The summed E-state index contributed by atoms with van der Waals surface area (Å²) in [6.45, 7) is 5.01. The van der Waals surface area contributed by atoms with E-state index >= 15 is 0 Å². The molecule has 1 heterocycles. The van der Waals surface area contributed by atoms with Gasteiger partial charge in [-0.15, -0.1) is 12.4 Å². The van der Waals surface area contributed by atoms with Crippen LogP contribution in [0.4, 0.5) is 0 Å². The van der Waals surface area contributed by atoms with Crippen molar-refractivity contribution in [3.8, 4) is 5.75 Å². The van der Waals surface area contributed by atoms with Crippen LogP contribution < -0.4 is 10.1 Å². The molecule has 0 saturated carbocycles. The Labute approximate surface area is 190 Å². The number of carbonyl (C=O) groups excluding carboxylic acids is 1. The van der Waals surface area contributed by atoms with Crippen LogP contribution in [0.5, 0.6) is 5.75 Å². The Bertz CT molecular complexity index is 933. The van der Waals surface area contributed by atoms with E-state index in [1.54, 1.807) is 6.07 Å². The lowest BCUT2D eigenvalue weighted by Crippen LogP contribution is -2.49. The molecule has 0 spiro atoms. The molecule has 9 heteroatoms. The van der Waals surface area contributed by atoms with E-state index in [1.807, 2.05) is 43.3 Å². The summed E-state index contributed by atoms with van der Waals surface area (Å²) in [5, 5.41) is 2.63. The lowest BCUT2D eigenvalue weighted by atomic mass is 10.2. The van der Waals surface area contributed by atoms with Crippen LogP contribution in [0.1, 0.15) is 11.1 Å². The van der Waals surface area contributed by atoms with Gasteiger partial charge in [-0.1, -0.05) is 48.5 Å². The third-order valence-corrected chi connectivity index (χ3v) is 6.98. The van der Waals surface area contributed by atoms with Crippen molar-refractivity contribution in [3.05, 3.63) is 65.7 Å². The lowest BCUT2D eigenvalue weighted by molar-refractivity contribution is -0.122. The van der Waals surface area contributed by atoms with Gasteiger partial charge in [-0.2, -0.15) is 4.31 Å². The summed E-state index contributed by atoms with van der Waals surface area (Å²) in [5.41, 5.74) is 2.17. The third kappa shape index (κ3) is 7.81. The molecule has 1 aliphatic heterocycles. The van der Waals surface area contributed by atoms with Crippen LogP contribution in [-0.2, 0) is 21.4 Å². The summed E-state index contributed by atoms with van der Waals surface area (Å²) in [6.07, 6.45) is 0. The highest BCUT2D eigenvalue weighted by Gasteiger charge is 2.26. The summed E-state index contributed by atoms with van der Waals surface area (Å²) in [6, 6.07) is 17.6. The molecule has 31 heavy (non-hydrogen) atoms. The molecule has 1 saturated heterocycles. The normalized spacial score (nSPS) is 15.1. The monoisotopic (exact) mass is 467 g/mol. The number of nitrogens with one attached hydrogen (secondary N) is 1. The van der Waals surface area contributed by atoms with Gasteiger partial charge < -0.3 is 10.1 Å². The molecular weight excluding hydrogens is 438 g/mol. The van der Waals surface area contributed by atoms with E-state index < -0.39 is 10.0 Å². The highest BCUT2D eigenvalue weighted by Crippen LogP contribution is 2.15. The highest BCUT2D eigenvalue weighted by atomic mass is 35.5. The van der Waals surface area contributed by atoms with Gasteiger partial charge in [-0.25, -0.2) is 8.42 Å². The molecule has 1 amide bonds. The zero-order chi connectivity index (χ0) is 21.4. The van der Waals surface area contributed by atoms with Crippen LogP contribution in [0.15, 0.2) is 54.6 Å². The van der Waals surface area contributed by atoms with E-state index in [4.69, 9.17) is 4.74 Å². The van der Waals surface area contributed by atoms with Gasteiger partial charge in [0.2, 0.25) is 10.0 Å². The Morgan fingerprint density at radius 2 is 1.65 bits per heavy atom. The fourth-order valence-corrected chi connectivity index (χ4v) is 4.71. The average molecular weight is 468 g/mol. The SMILES string of the molecule is Cc1ccccc1OCC(=O)NCCS(=O)(=O)N1CCN(Cc2ccccc2)CC1.Cl. The van der Waals surface area contributed by atoms with Gasteiger partial charge in [-0.3, -0.25) is 9.69 Å². The number of para-hydroxylation sites is 1. The standard InChI is InChI=1S/C22H29N3O4S.ClH/c1-19-7-5-6-10-21(19)29-18-22(26)23-11-16-30(27,28)25-14-12-24(13-15-25)17-20-8-3-2-4-9-20;/h2-10H,11-18H2,1H3,(H,23,26);1H. The van der Waals surface area contributed by atoms with Crippen molar-refractivity contribution in [2.24, 2.45) is 0 Å². The zero-order valence-corrected chi connectivity index (χ0v) is 19.3. The van der Waals surface area contributed by atoms with E-state index in [2.05, 4.69) is 22.3 Å². The first kappa shape index (κ1) is 25.1. The smallest absolute Gasteiger partial charge is 0.257 e. The fourth-order valence-electron chi connectivity index (χ4n) is 3.37. The summed E-state index contributed by atoms with van der Waals surface area (Å²) < 4.78 is 32.2. The minimum atomic E-state index is -3.40. The van der Waals surface area contributed by atoms with Crippen LogP contribution in [0.3, 0.4) is 0 Å². The van der Waals surface area contributed by atoms with Gasteiger partial charge in [0, 0.05) is 39.3 Å². The molecule has 1 N–H and O–H groups in total. The maximum absolute atomic E-state index is 12.6. The number of aryl methyl sites for hydroxylation is 1. The van der Waals surface area contributed by atoms with E-state index in [9.17, 15) is 13.2 Å². The molecule has 0 aromatic heterocycles. The van der Waals surface area contributed by atoms with Crippen molar-refractivity contribution >= 4 is 28.3 Å². The maximum Gasteiger partial charge on any atom is 0.257 e. The Kier molecular flexibility index (Phi) is 9.77. The number of hydrogen-bond acceptors (Lipinski definition) is 5. The third-order valence-electron chi connectivity index (χ3n) is 5.11. The van der Waals surface area contributed by atoms with Gasteiger partial charge in [0.25, 0.3) is 5.91 Å². The Morgan fingerprint density at radius 3 is 2.32 bits per heavy atom. The molecule has 0 aliphatic carbocycles. The molecule has 3 rings (SSSR count). The van der Waals surface area contributed by atoms with Crippen molar-refractivity contribution in [1.29, 1.82) is 0 Å². The summed E-state index contributed by atoms with van der Waals surface area (Å²) in [4.78, 5) is 14.2. The number of benzene rings is 2. The molecule has 2 aromatic rings. The second-order valence-electron chi connectivity index (χ2n) is 7.38. The van der Waals surface area contributed by atoms with Crippen molar-refractivity contribution in [2.75, 3.05) is 45.1 Å². The van der Waals surface area contributed by atoms with E-state index in [1.165, 1.54) is 9.87 Å². The Hall–Kier alpha value is -2.13. The predicted octanol–water partition coefficient (Wildman–Crippen LogP) is 2.06. The molecule has 0 unspecified atom stereocenters. The number of carbonyl (C=O) groups is 1. The quantitative estimate of drug-likeness (QED) is 0.610. The Morgan fingerprint density at radius 1 is 1.00 bits per heavy atom. The molecule has 1 aliphatic rings. The largest absolute Gasteiger partial charge is 0.484 e. The van der Waals surface area contributed by atoms with Crippen molar-refractivity contribution in [1.82, 2.24) is 14.5 Å². The van der Waals surface area contributed by atoms with E-state index in [-0.39, 0.29) is 37.2 Å². The number of hydrogen-bond donors (Lipinski definition) is 1. The first-order valence-corrected chi connectivity index (χ1v) is 11.7. The number of nitrogens with zero attached hydrogens (tertiary/aromatic N) is 2. The van der Waals surface area contributed by atoms with E-state index in [0.717, 1.165) is 12.1 Å². The minimum Gasteiger partial charge on any atom is -0.484 e. The minimum absolute atomic E-state index is 0. The Balaban J connectivity index is 0.00000341. The number of amides is 1. The molecule has 0 atom stereocenters. The van der Waals surface area contributed by atoms with Gasteiger partial charge in [0.05, 0.1) is 5.75 Å². The molecule has 1 fully saturated rings. The number of piperazine rings is 1. The highest BCUT2D eigenvalue weighted by molar-refractivity contribution is 7.89. The van der Waals surface area contributed by atoms with Crippen molar-refractivity contribution in [2.45, 2.75) is 13.5 Å². The molecule has 170 valence electrons. The van der Waals surface area contributed by atoms with Gasteiger partial charge in [0.1, 0.15) is 5.75 Å². The van der Waals surface area contributed by atoms with Crippen LogP contribution in [0, 0.1) is 6.92 Å². The second kappa shape index (κ2) is 12.0. The average Bonchev–Trinajstić information content (AvgIpc) is 2.74. The zero-order valence-electron chi connectivity index (χ0n) is 17.7. The molecule has 0 bridgehead atoms. The molecule has 0 radical (unpaired) electrons. The first-order valence-electron chi connectivity index (χ1n) is 10.1. The van der Waals surface area contributed by atoms with Crippen molar-refractivity contribution in [3.63, 3.8) is 0 Å². The second-order valence-corrected chi connectivity index (χ2v) is 9.47. The van der Waals surface area contributed by atoms with Gasteiger partial charge in [0.15, 0.2) is 6.61 Å². The lowest BCUT2D eigenvalue weighted by Gasteiger charge is -2.34. The molecule has 2 aromatic carbocycles. The molecule has 7 nitrogen and oxygen atoms in total. The van der Waals surface area contributed by atoms with Crippen molar-refractivity contribution < 1.29 is 17.9 Å². The number of ether oxygens (including phenoxy) is 1. The van der Waals surface area contributed by atoms with Crippen LogP contribution in [0.2, 0.25) is 0 Å². The number of sulfonamides is 1. The summed E-state index contributed by atoms with van der Waals surface area (Å²) in [5.74, 6) is 0.205. The number of halogens is 1. The predicted molar refractivity (Wildman–Crippen MR) is 124 cm³/mol. The van der Waals surface area contributed by atoms with Crippen LogP contribution in [-0.4, -0.2) is 68.6 Å². The van der Waals surface area contributed by atoms with Crippen LogP contribution >= 0.6 is 12.4 Å². The maximum atomic E-state index is 12.6. The topological polar surface area (TPSA) is 78.9 Å². The fraction of sp³-hybridized carbons (Fsp3) is 0.409. The molecular formula is C22H30ClN3O4S. The summed E-state index contributed by atoms with van der Waals surface area (Å²) in [7, 11) is -3.40. The van der Waals surface area contributed by atoms with E-state index in [0.29, 0.717) is 31.9 Å². The van der Waals surface area contributed by atoms with Gasteiger partial charge in [-0.05, 0) is 24.1 Å². The number of rotatable bonds is 9. The van der Waals surface area contributed by atoms with Crippen LogP contribution in [0.25, 0.3) is 0 Å².